The van der Waals surface area contributed by atoms with Gasteiger partial charge in [0, 0.05) is 32.4 Å². The minimum absolute atomic E-state index is 0.0932. The van der Waals surface area contributed by atoms with Crippen molar-refractivity contribution in [3.63, 3.8) is 0 Å². The molecule has 0 unspecified atom stereocenters. The zero-order valence-electron chi connectivity index (χ0n) is 14.9. The summed E-state index contributed by atoms with van der Waals surface area (Å²) in [5.74, 6) is 0.215. The average Bonchev–Trinajstić information content (AvgIpc) is 2.92. The molecule has 0 radical (unpaired) electrons. The van der Waals surface area contributed by atoms with E-state index in [2.05, 4.69) is 9.97 Å². The van der Waals surface area contributed by atoms with Crippen LogP contribution < -0.4 is 10.4 Å². The highest BCUT2D eigenvalue weighted by Crippen LogP contribution is 2.24. The number of aromatic amines is 2. The molecule has 8 heteroatoms. The Labute approximate surface area is 150 Å². The topological polar surface area (TPSA) is 98.5 Å². The van der Waals surface area contributed by atoms with Crippen molar-refractivity contribution in [2.45, 2.75) is 13.3 Å². The van der Waals surface area contributed by atoms with Gasteiger partial charge in [-0.25, -0.2) is 4.79 Å². The van der Waals surface area contributed by atoms with Crippen LogP contribution in [0.3, 0.4) is 0 Å². The maximum absolute atomic E-state index is 13.0. The monoisotopic (exact) mass is 358 g/mol. The van der Waals surface area contributed by atoms with Gasteiger partial charge in [-0.05, 0) is 25.0 Å². The van der Waals surface area contributed by atoms with Gasteiger partial charge >= 0.3 is 5.69 Å². The van der Waals surface area contributed by atoms with Gasteiger partial charge in [0.1, 0.15) is 11.4 Å². The number of carbonyl (C=O) groups is 2. The molecule has 2 aromatic rings. The highest BCUT2D eigenvalue weighted by molar-refractivity contribution is 5.98. The first-order chi connectivity index (χ1) is 12.5. The number of methoxy groups -OCH3 is 1. The van der Waals surface area contributed by atoms with E-state index in [0.29, 0.717) is 43.9 Å². The predicted molar refractivity (Wildman–Crippen MR) is 95.6 cm³/mol. The summed E-state index contributed by atoms with van der Waals surface area (Å²) in [6.07, 6.45) is 2.04. The molecule has 0 spiro atoms. The predicted octanol–water partition coefficient (Wildman–Crippen LogP) is 1.01. The number of imidazole rings is 1. The minimum Gasteiger partial charge on any atom is -0.496 e. The summed E-state index contributed by atoms with van der Waals surface area (Å²) in [5.41, 5.74) is 1.24. The molecule has 2 N–H and O–H groups in total. The molecule has 1 aliphatic heterocycles. The van der Waals surface area contributed by atoms with E-state index in [1.165, 1.54) is 6.20 Å². The zero-order chi connectivity index (χ0) is 18.7. The molecule has 1 aromatic heterocycles. The highest BCUT2D eigenvalue weighted by atomic mass is 16.5. The molecule has 26 heavy (non-hydrogen) atoms. The van der Waals surface area contributed by atoms with Crippen molar-refractivity contribution >= 4 is 11.8 Å². The van der Waals surface area contributed by atoms with Gasteiger partial charge in [0.25, 0.3) is 11.8 Å². The Morgan fingerprint density at radius 3 is 2.38 bits per heavy atom. The van der Waals surface area contributed by atoms with Crippen LogP contribution in [-0.2, 0) is 0 Å². The van der Waals surface area contributed by atoms with Crippen LogP contribution in [0, 0.1) is 6.92 Å². The maximum atomic E-state index is 13.0. The smallest absolute Gasteiger partial charge is 0.323 e. The number of hydrogen-bond acceptors (Lipinski definition) is 4. The fourth-order valence-electron chi connectivity index (χ4n) is 3.18. The Bertz CT molecular complexity index is 870. The van der Waals surface area contributed by atoms with Gasteiger partial charge < -0.3 is 24.5 Å². The lowest BCUT2D eigenvalue weighted by molar-refractivity contribution is 0.0713. The molecule has 8 nitrogen and oxygen atoms in total. The summed E-state index contributed by atoms with van der Waals surface area (Å²) in [6.45, 7) is 3.80. The number of carbonyl (C=O) groups excluding carboxylic acids is 2. The first-order valence-corrected chi connectivity index (χ1v) is 8.51. The van der Waals surface area contributed by atoms with Crippen molar-refractivity contribution < 1.29 is 14.3 Å². The summed E-state index contributed by atoms with van der Waals surface area (Å²) in [7, 11) is 1.55. The minimum atomic E-state index is -0.411. The standard InChI is InChI=1S/C18H22N4O4/c1-12-5-3-6-14(26-2)15(12)17(24)22-8-4-7-21(9-10-22)16(23)13-11-19-18(25)20-13/h3,5-6,11H,4,7-10H2,1-2H3,(H2,19,20,25). The molecular weight excluding hydrogens is 336 g/mol. The SMILES string of the molecule is COc1cccc(C)c1C(=O)N1CCCN(C(=O)c2c[nH]c(=O)[nH]2)CC1. The molecule has 1 aromatic carbocycles. The van der Waals surface area contributed by atoms with Crippen molar-refractivity contribution in [2.75, 3.05) is 33.3 Å². The number of nitrogens with one attached hydrogen (secondary N) is 2. The first-order valence-electron chi connectivity index (χ1n) is 8.51. The molecule has 2 heterocycles. The van der Waals surface area contributed by atoms with Crippen molar-refractivity contribution in [3.05, 3.63) is 51.7 Å². The summed E-state index contributed by atoms with van der Waals surface area (Å²) in [4.78, 5) is 45.0. The van der Waals surface area contributed by atoms with Crippen LogP contribution >= 0.6 is 0 Å². The Hall–Kier alpha value is -3.03. The van der Waals surface area contributed by atoms with Crippen LogP contribution in [-0.4, -0.2) is 64.9 Å². The van der Waals surface area contributed by atoms with E-state index in [1.807, 2.05) is 19.1 Å². The van der Waals surface area contributed by atoms with Gasteiger partial charge in [-0.2, -0.15) is 0 Å². The summed E-state index contributed by atoms with van der Waals surface area (Å²) in [5, 5.41) is 0. The Morgan fingerprint density at radius 2 is 1.77 bits per heavy atom. The Kier molecular flexibility index (Phi) is 5.11. The maximum Gasteiger partial charge on any atom is 0.323 e. The fraction of sp³-hybridized carbons (Fsp3) is 0.389. The number of aromatic nitrogens is 2. The second kappa shape index (κ2) is 7.47. The molecule has 3 rings (SSSR count). The number of amides is 2. The van der Waals surface area contributed by atoms with Gasteiger partial charge in [-0.15, -0.1) is 0 Å². The molecule has 0 atom stereocenters. The number of ether oxygens (including phenoxy) is 1. The van der Waals surface area contributed by atoms with Crippen molar-refractivity contribution in [1.29, 1.82) is 0 Å². The van der Waals surface area contributed by atoms with Gasteiger partial charge in [-0.1, -0.05) is 12.1 Å². The highest BCUT2D eigenvalue weighted by Gasteiger charge is 2.26. The van der Waals surface area contributed by atoms with Crippen LogP contribution in [0.2, 0.25) is 0 Å². The lowest BCUT2D eigenvalue weighted by Gasteiger charge is -2.23. The van der Waals surface area contributed by atoms with Crippen LogP contribution in [0.15, 0.2) is 29.2 Å². The summed E-state index contributed by atoms with van der Waals surface area (Å²) >= 11 is 0. The summed E-state index contributed by atoms with van der Waals surface area (Å²) in [6, 6.07) is 5.51. The van der Waals surface area contributed by atoms with Crippen LogP contribution in [0.1, 0.15) is 32.8 Å². The molecule has 1 fully saturated rings. The molecule has 138 valence electrons. The third-order valence-electron chi connectivity index (χ3n) is 4.56. The van der Waals surface area contributed by atoms with Crippen molar-refractivity contribution in [2.24, 2.45) is 0 Å². The summed E-state index contributed by atoms with van der Waals surface area (Å²) < 4.78 is 5.34. The van der Waals surface area contributed by atoms with Gasteiger partial charge in [0.05, 0.1) is 12.7 Å². The first kappa shape index (κ1) is 17.8. The fourth-order valence-corrected chi connectivity index (χ4v) is 3.18. The molecular formula is C18H22N4O4. The normalized spacial score (nSPS) is 14.8. The third kappa shape index (κ3) is 3.49. The van der Waals surface area contributed by atoms with Crippen LogP contribution in [0.4, 0.5) is 0 Å². The molecule has 1 saturated heterocycles. The zero-order valence-corrected chi connectivity index (χ0v) is 14.9. The number of benzene rings is 1. The van der Waals surface area contributed by atoms with E-state index in [-0.39, 0.29) is 17.5 Å². The molecule has 0 saturated carbocycles. The Morgan fingerprint density at radius 1 is 1.08 bits per heavy atom. The molecule has 0 bridgehead atoms. The number of aryl methyl sites for hydroxylation is 1. The Balaban J connectivity index is 1.74. The largest absolute Gasteiger partial charge is 0.496 e. The molecule has 0 aliphatic carbocycles. The second-order valence-electron chi connectivity index (χ2n) is 6.25. The van der Waals surface area contributed by atoms with E-state index in [9.17, 15) is 14.4 Å². The number of nitrogens with zero attached hydrogens (tertiary/aromatic N) is 2. The van der Waals surface area contributed by atoms with E-state index in [0.717, 1.165) is 5.56 Å². The lowest BCUT2D eigenvalue weighted by Crippen LogP contribution is -2.37. The van der Waals surface area contributed by atoms with E-state index >= 15 is 0 Å². The van der Waals surface area contributed by atoms with E-state index in [4.69, 9.17) is 4.74 Å². The van der Waals surface area contributed by atoms with Crippen molar-refractivity contribution in [3.8, 4) is 5.75 Å². The molecule has 1 aliphatic rings. The van der Waals surface area contributed by atoms with E-state index < -0.39 is 5.69 Å². The van der Waals surface area contributed by atoms with E-state index in [1.54, 1.807) is 23.0 Å². The van der Waals surface area contributed by atoms with Crippen LogP contribution in [0.25, 0.3) is 0 Å². The lowest BCUT2D eigenvalue weighted by atomic mass is 10.1. The second-order valence-corrected chi connectivity index (χ2v) is 6.25. The molecule has 2 amide bonds. The quantitative estimate of drug-likeness (QED) is 0.855. The van der Waals surface area contributed by atoms with Gasteiger partial charge in [0.2, 0.25) is 0 Å². The van der Waals surface area contributed by atoms with Crippen molar-refractivity contribution in [1.82, 2.24) is 19.8 Å². The number of hydrogen-bond donors (Lipinski definition) is 2. The number of rotatable bonds is 3. The number of H-pyrrole nitrogens is 2. The van der Waals surface area contributed by atoms with Crippen LogP contribution in [0.5, 0.6) is 5.75 Å². The average molecular weight is 358 g/mol. The van der Waals surface area contributed by atoms with Gasteiger partial charge in [-0.3, -0.25) is 9.59 Å². The third-order valence-corrected chi connectivity index (χ3v) is 4.56. The van der Waals surface area contributed by atoms with Gasteiger partial charge in [0.15, 0.2) is 0 Å².